The molecule has 19 heavy (non-hydrogen) atoms. The van der Waals surface area contributed by atoms with E-state index in [1.54, 1.807) is 18.2 Å². The number of Topliss-reactive ketones (excluding diaryl/α,β-unsaturated/α-hetero) is 1. The molecule has 98 valence electrons. The first-order valence-electron chi connectivity index (χ1n) is 5.39. The van der Waals surface area contributed by atoms with Crippen molar-refractivity contribution in [2.24, 2.45) is 0 Å². The molecule has 0 aliphatic carbocycles. The first-order chi connectivity index (χ1) is 8.97. The first kappa shape index (κ1) is 14.3. The standard InChI is InChI=1S/C14H8Cl3FO/c15-9-2-3-10(12(17)7-9)14(19)6-8-1-4-11(16)13(18)5-8/h1-5,7H,6H2. The van der Waals surface area contributed by atoms with Gasteiger partial charge >= 0.3 is 0 Å². The minimum Gasteiger partial charge on any atom is -0.294 e. The molecule has 0 spiro atoms. The van der Waals surface area contributed by atoms with Gasteiger partial charge < -0.3 is 0 Å². The number of halogens is 4. The molecule has 0 saturated carbocycles. The SMILES string of the molecule is O=C(Cc1ccc(Cl)c(F)c1)c1ccc(Cl)cc1Cl. The molecule has 2 aromatic rings. The molecule has 0 bridgehead atoms. The summed E-state index contributed by atoms with van der Waals surface area (Å²) >= 11 is 17.3. The fourth-order valence-corrected chi connectivity index (χ4v) is 2.28. The molecule has 0 fully saturated rings. The summed E-state index contributed by atoms with van der Waals surface area (Å²) in [7, 11) is 0. The third-order valence-corrected chi connectivity index (χ3v) is 3.43. The molecule has 0 aliphatic heterocycles. The summed E-state index contributed by atoms with van der Waals surface area (Å²) in [6.07, 6.45) is 0.0510. The number of ketones is 1. The lowest BCUT2D eigenvalue weighted by molar-refractivity contribution is 0.0993. The second kappa shape index (κ2) is 5.91. The van der Waals surface area contributed by atoms with E-state index in [1.807, 2.05) is 0 Å². The summed E-state index contributed by atoms with van der Waals surface area (Å²) in [5.41, 5.74) is 0.902. The van der Waals surface area contributed by atoms with E-state index in [-0.39, 0.29) is 22.2 Å². The fraction of sp³-hybridized carbons (Fsp3) is 0.0714. The Balaban J connectivity index is 2.23. The third-order valence-electron chi connectivity index (χ3n) is 2.58. The van der Waals surface area contributed by atoms with Gasteiger partial charge in [-0.3, -0.25) is 4.79 Å². The summed E-state index contributed by atoms with van der Waals surface area (Å²) < 4.78 is 13.3. The Bertz CT molecular complexity index is 641. The van der Waals surface area contributed by atoms with E-state index < -0.39 is 5.82 Å². The van der Waals surface area contributed by atoms with Crippen molar-refractivity contribution in [2.75, 3.05) is 0 Å². The van der Waals surface area contributed by atoms with Gasteiger partial charge in [0.1, 0.15) is 5.82 Å². The van der Waals surface area contributed by atoms with E-state index in [0.717, 1.165) is 0 Å². The minimum absolute atomic E-state index is 0.0284. The highest BCUT2D eigenvalue weighted by Gasteiger charge is 2.12. The fourth-order valence-electron chi connectivity index (χ4n) is 1.65. The van der Waals surface area contributed by atoms with Gasteiger partial charge in [-0.1, -0.05) is 40.9 Å². The minimum atomic E-state index is -0.547. The number of benzene rings is 2. The van der Waals surface area contributed by atoms with E-state index in [2.05, 4.69) is 0 Å². The van der Waals surface area contributed by atoms with Crippen LogP contribution < -0.4 is 0 Å². The normalized spacial score (nSPS) is 10.5. The molecule has 0 radical (unpaired) electrons. The van der Waals surface area contributed by atoms with Crippen LogP contribution in [0.2, 0.25) is 15.1 Å². The van der Waals surface area contributed by atoms with Crippen molar-refractivity contribution in [2.45, 2.75) is 6.42 Å². The van der Waals surface area contributed by atoms with Crippen LogP contribution in [-0.2, 0) is 6.42 Å². The maximum atomic E-state index is 13.3. The van der Waals surface area contributed by atoms with Crippen LogP contribution in [0.25, 0.3) is 0 Å². The second-order valence-electron chi connectivity index (χ2n) is 3.97. The highest BCUT2D eigenvalue weighted by molar-refractivity contribution is 6.36. The molecule has 2 rings (SSSR count). The summed E-state index contributed by atoms with van der Waals surface area (Å²) in [5, 5.41) is 0.770. The predicted octanol–water partition coefficient (Wildman–Crippen LogP) is 5.21. The zero-order valence-electron chi connectivity index (χ0n) is 9.59. The average Bonchev–Trinajstić information content (AvgIpc) is 2.33. The van der Waals surface area contributed by atoms with Crippen LogP contribution in [0.3, 0.4) is 0 Å². The summed E-state index contributed by atoms with van der Waals surface area (Å²) in [6, 6.07) is 8.90. The molecule has 0 atom stereocenters. The van der Waals surface area contributed by atoms with Crippen LogP contribution in [0, 0.1) is 5.82 Å². The Morgan fingerprint density at radius 2 is 1.74 bits per heavy atom. The van der Waals surface area contributed by atoms with Gasteiger partial charge in [0, 0.05) is 17.0 Å². The Morgan fingerprint density at radius 3 is 2.37 bits per heavy atom. The van der Waals surface area contributed by atoms with Gasteiger partial charge in [-0.15, -0.1) is 0 Å². The topological polar surface area (TPSA) is 17.1 Å². The zero-order valence-corrected chi connectivity index (χ0v) is 11.9. The Kier molecular flexibility index (Phi) is 4.46. The van der Waals surface area contributed by atoms with E-state index in [9.17, 15) is 9.18 Å². The lowest BCUT2D eigenvalue weighted by Crippen LogP contribution is -2.04. The summed E-state index contributed by atoms with van der Waals surface area (Å²) in [4.78, 5) is 12.1. The molecule has 1 nitrogen and oxygen atoms in total. The highest BCUT2D eigenvalue weighted by atomic mass is 35.5. The molecular formula is C14H8Cl3FO. The van der Waals surface area contributed by atoms with Crippen molar-refractivity contribution in [1.82, 2.24) is 0 Å². The quantitative estimate of drug-likeness (QED) is 0.710. The van der Waals surface area contributed by atoms with Crippen molar-refractivity contribution in [1.29, 1.82) is 0 Å². The lowest BCUT2D eigenvalue weighted by atomic mass is 10.0. The Labute approximate surface area is 124 Å². The molecule has 5 heteroatoms. The molecule has 0 saturated heterocycles. The largest absolute Gasteiger partial charge is 0.294 e. The van der Waals surface area contributed by atoms with Gasteiger partial charge in [0.15, 0.2) is 5.78 Å². The van der Waals surface area contributed by atoms with Crippen LogP contribution in [0.4, 0.5) is 4.39 Å². The van der Waals surface area contributed by atoms with E-state index in [0.29, 0.717) is 16.1 Å². The van der Waals surface area contributed by atoms with Crippen molar-refractivity contribution in [3.63, 3.8) is 0 Å². The first-order valence-corrected chi connectivity index (χ1v) is 6.53. The van der Waals surface area contributed by atoms with E-state index in [4.69, 9.17) is 34.8 Å². The summed E-state index contributed by atoms with van der Waals surface area (Å²) in [6.45, 7) is 0. The van der Waals surface area contributed by atoms with Crippen molar-refractivity contribution in [3.05, 3.63) is 68.4 Å². The molecule has 0 aromatic heterocycles. The predicted molar refractivity (Wildman–Crippen MR) is 75.9 cm³/mol. The number of carbonyl (C=O) groups is 1. The average molecular weight is 318 g/mol. The maximum Gasteiger partial charge on any atom is 0.168 e. The second-order valence-corrected chi connectivity index (χ2v) is 5.22. The molecular weight excluding hydrogens is 310 g/mol. The number of hydrogen-bond donors (Lipinski definition) is 0. The van der Waals surface area contributed by atoms with Crippen molar-refractivity contribution < 1.29 is 9.18 Å². The highest BCUT2D eigenvalue weighted by Crippen LogP contribution is 2.23. The van der Waals surface area contributed by atoms with Gasteiger partial charge in [0.2, 0.25) is 0 Å². The number of carbonyl (C=O) groups excluding carboxylic acids is 1. The van der Waals surface area contributed by atoms with Gasteiger partial charge in [-0.05, 0) is 35.9 Å². The number of hydrogen-bond acceptors (Lipinski definition) is 1. The van der Waals surface area contributed by atoms with Crippen LogP contribution in [0.15, 0.2) is 36.4 Å². The van der Waals surface area contributed by atoms with Gasteiger partial charge in [0.25, 0.3) is 0 Å². The van der Waals surface area contributed by atoms with Crippen LogP contribution >= 0.6 is 34.8 Å². The van der Waals surface area contributed by atoms with Crippen molar-refractivity contribution >= 4 is 40.6 Å². The molecule has 0 N–H and O–H groups in total. The molecule has 0 heterocycles. The smallest absolute Gasteiger partial charge is 0.168 e. The van der Waals surface area contributed by atoms with Gasteiger partial charge in [-0.2, -0.15) is 0 Å². The third kappa shape index (κ3) is 3.47. The monoisotopic (exact) mass is 316 g/mol. The van der Waals surface area contributed by atoms with Crippen LogP contribution in [-0.4, -0.2) is 5.78 Å². The molecule has 0 aliphatic rings. The maximum absolute atomic E-state index is 13.3. The zero-order chi connectivity index (χ0) is 14.0. The van der Waals surface area contributed by atoms with E-state index in [1.165, 1.54) is 18.2 Å². The lowest BCUT2D eigenvalue weighted by Gasteiger charge is -2.05. The molecule has 2 aromatic carbocycles. The Hall–Kier alpha value is -1.09. The van der Waals surface area contributed by atoms with Crippen LogP contribution in [0.1, 0.15) is 15.9 Å². The molecule has 0 amide bonds. The van der Waals surface area contributed by atoms with Crippen molar-refractivity contribution in [3.8, 4) is 0 Å². The summed E-state index contributed by atoms with van der Waals surface area (Å²) in [5.74, 6) is -0.752. The van der Waals surface area contributed by atoms with E-state index >= 15 is 0 Å². The Morgan fingerprint density at radius 1 is 1.00 bits per heavy atom. The molecule has 0 unspecified atom stereocenters. The number of rotatable bonds is 3. The van der Waals surface area contributed by atoms with Crippen LogP contribution in [0.5, 0.6) is 0 Å². The van der Waals surface area contributed by atoms with Gasteiger partial charge in [-0.25, -0.2) is 4.39 Å². The van der Waals surface area contributed by atoms with Gasteiger partial charge in [0.05, 0.1) is 10.0 Å².